The molecular weight excluding hydrogens is 194 g/mol. The number of carboxylic acids is 3. The molecule has 0 aromatic rings. The van der Waals surface area contributed by atoms with Gasteiger partial charge in [0.05, 0.1) is 18.9 Å². The van der Waals surface area contributed by atoms with Crippen molar-refractivity contribution in [3.8, 4) is 0 Å². The molecule has 0 aliphatic carbocycles. The van der Waals surface area contributed by atoms with E-state index in [0.29, 0.717) is 0 Å². The Morgan fingerprint density at radius 2 is 1.64 bits per heavy atom. The molecule has 0 amide bonds. The van der Waals surface area contributed by atoms with Gasteiger partial charge in [-0.1, -0.05) is 0 Å². The molecule has 0 heterocycles. The van der Waals surface area contributed by atoms with Crippen LogP contribution in [0.5, 0.6) is 0 Å². The Morgan fingerprint density at radius 1 is 1.07 bits per heavy atom. The predicted octanol–water partition coefficient (Wildman–Crippen LogP) is -1.16. The summed E-state index contributed by atoms with van der Waals surface area (Å²) >= 11 is 0. The molecule has 0 rings (SSSR count). The predicted molar refractivity (Wildman–Crippen MR) is 43.9 cm³/mol. The highest BCUT2D eigenvalue weighted by molar-refractivity contribution is 5.78. The first kappa shape index (κ1) is 12.4. The van der Waals surface area contributed by atoms with E-state index in [1.54, 1.807) is 0 Å². The molecule has 0 spiro atoms. The van der Waals surface area contributed by atoms with Crippen LogP contribution in [0, 0.1) is 5.92 Å². The van der Waals surface area contributed by atoms with Crippen molar-refractivity contribution >= 4 is 17.9 Å². The summed E-state index contributed by atoms with van der Waals surface area (Å²) in [5, 5.41) is 27.4. The lowest BCUT2D eigenvalue weighted by Crippen LogP contribution is -2.33. The van der Waals surface area contributed by atoms with E-state index in [2.05, 4.69) is 5.32 Å². The van der Waals surface area contributed by atoms with Gasteiger partial charge in [0.2, 0.25) is 0 Å². The van der Waals surface area contributed by atoms with Crippen molar-refractivity contribution in [2.24, 2.45) is 5.92 Å². The maximum absolute atomic E-state index is 10.5. The molecule has 80 valence electrons. The topological polar surface area (TPSA) is 124 Å². The molecule has 0 saturated carbocycles. The van der Waals surface area contributed by atoms with Crippen LogP contribution in [-0.2, 0) is 14.4 Å². The van der Waals surface area contributed by atoms with E-state index in [-0.39, 0.29) is 13.1 Å². The van der Waals surface area contributed by atoms with Gasteiger partial charge < -0.3 is 20.6 Å². The molecule has 7 heteroatoms. The summed E-state index contributed by atoms with van der Waals surface area (Å²) in [6.07, 6.45) is -0.526. The van der Waals surface area contributed by atoms with Gasteiger partial charge in [0.1, 0.15) is 0 Å². The number of carbonyl (C=O) groups is 3. The minimum absolute atomic E-state index is 0.173. The molecule has 0 bridgehead atoms. The molecule has 0 aromatic heterocycles. The van der Waals surface area contributed by atoms with Crippen LogP contribution < -0.4 is 5.32 Å². The highest BCUT2D eigenvalue weighted by Crippen LogP contribution is 2.01. The van der Waals surface area contributed by atoms with Gasteiger partial charge in [-0.2, -0.15) is 0 Å². The number of rotatable bonds is 7. The van der Waals surface area contributed by atoms with Gasteiger partial charge in [-0.3, -0.25) is 14.4 Å². The fourth-order valence-electron chi connectivity index (χ4n) is 0.811. The minimum Gasteiger partial charge on any atom is -0.481 e. The lowest BCUT2D eigenvalue weighted by Gasteiger charge is -2.09. The number of aliphatic carboxylic acids is 3. The van der Waals surface area contributed by atoms with E-state index in [1.807, 2.05) is 0 Å². The molecule has 0 fully saturated rings. The van der Waals surface area contributed by atoms with Gasteiger partial charge in [0.25, 0.3) is 0 Å². The van der Waals surface area contributed by atoms with Gasteiger partial charge in [-0.15, -0.1) is 0 Å². The van der Waals surface area contributed by atoms with Crippen molar-refractivity contribution in [2.45, 2.75) is 6.42 Å². The van der Waals surface area contributed by atoms with Crippen molar-refractivity contribution in [3.05, 3.63) is 0 Å². The van der Waals surface area contributed by atoms with E-state index in [0.717, 1.165) is 0 Å². The Morgan fingerprint density at radius 3 is 2.00 bits per heavy atom. The molecular formula is C7H11NO6. The SMILES string of the molecule is O=C(O)CNCC(CC(=O)O)C(=O)O. The zero-order chi connectivity index (χ0) is 11.1. The quantitative estimate of drug-likeness (QED) is 0.413. The van der Waals surface area contributed by atoms with E-state index in [4.69, 9.17) is 15.3 Å². The lowest BCUT2D eigenvalue weighted by atomic mass is 10.1. The second-order valence-electron chi connectivity index (χ2n) is 2.66. The third-order valence-electron chi connectivity index (χ3n) is 1.44. The van der Waals surface area contributed by atoms with Crippen LogP contribution in [0.25, 0.3) is 0 Å². The fourth-order valence-corrected chi connectivity index (χ4v) is 0.811. The maximum atomic E-state index is 10.5. The summed E-state index contributed by atoms with van der Waals surface area (Å²) in [6.45, 7) is -0.558. The van der Waals surface area contributed by atoms with Crippen LogP contribution in [0.4, 0.5) is 0 Å². The summed E-state index contributed by atoms with van der Waals surface area (Å²) in [7, 11) is 0. The first-order valence-corrected chi connectivity index (χ1v) is 3.80. The summed E-state index contributed by atoms with van der Waals surface area (Å²) in [5.74, 6) is -4.71. The number of nitrogens with one attached hydrogen (secondary N) is 1. The Bertz CT molecular complexity index is 238. The molecule has 0 saturated heterocycles. The van der Waals surface area contributed by atoms with E-state index < -0.39 is 30.2 Å². The normalized spacial score (nSPS) is 12.0. The average Bonchev–Trinajstić information content (AvgIpc) is 2.00. The zero-order valence-electron chi connectivity index (χ0n) is 7.27. The van der Waals surface area contributed by atoms with Crippen molar-refractivity contribution in [2.75, 3.05) is 13.1 Å². The van der Waals surface area contributed by atoms with Gasteiger partial charge in [0.15, 0.2) is 0 Å². The van der Waals surface area contributed by atoms with Crippen molar-refractivity contribution < 1.29 is 29.7 Å². The highest BCUT2D eigenvalue weighted by Gasteiger charge is 2.20. The third kappa shape index (κ3) is 5.95. The fraction of sp³-hybridized carbons (Fsp3) is 0.571. The van der Waals surface area contributed by atoms with Crippen LogP contribution in [-0.4, -0.2) is 46.3 Å². The maximum Gasteiger partial charge on any atom is 0.317 e. The second-order valence-corrected chi connectivity index (χ2v) is 2.66. The van der Waals surface area contributed by atoms with E-state index in [1.165, 1.54) is 0 Å². The van der Waals surface area contributed by atoms with Crippen LogP contribution in [0.15, 0.2) is 0 Å². The zero-order valence-corrected chi connectivity index (χ0v) is 7.27. The summed E-state index contributed by atoms with van der Waals surface area (Å²) in [5.41, 5.74) is 0. The molecule has 1 unspecified atom stereocenters. The Balaban J connectivity index is 3.91. The number of hydrogen-bond acceptors (Lipinski definition) is 4. The van der Waals surface area contributed by atoms with Crippen molar-refractivity contribution in [1.82, 2.24) is 5.32 Å². The molecule has 0 aliphatic rings. The van der Waals surface area contributed by atoms with Crippen LogP contribution in [0.2, 0.25) is 0 Å². The number of carboxylic acid groups (broad SMARTS) is 3. The summed E-state index contributed by atoms with van der Waals surface area (Å²) in [4.78, 5) is 30.7. The average molecular weight is 205 g/mol. The Labute approximate surface area is 79.3 Å². The smallest absolute Gasteiger partial charge is 0.317 e. The van der Waals surface area contributed by atoms with Gasteiger partial charge in [-0.05, 0) is 0 Å². The highest BCUT2D eigenvalue weighted by atomic mass is 16.4. The molecule has 0 aromatic carbocycles. The first-order valence-electron chi connectivity index (χ1n) is 3.80. The van der Waals surface area contributed by atoms with Crippen molar-refractivity contribution in [1.29, 1.82) is 0 Å². The molecule has 1 atom stereocenters. The molecule has 4 N–H and O–H groups in total. The molecule has 0 radical (unpaired) electrons. The Hall–Kier alpha value is -1.63. The van der Waals surface area contributed by atoms with Crippen LogP contribution in [0.1, 0.15) is 6.42 Å². The van der Waals surface area contributed by atoms with Crippen molar-refractivity contribution in [3.63, 3.8) is 0 Å². The second kappa shape index (κ2) is 5.92. The van der Waals surface area contributed by atoms with Crippen LogP contribution in [0.3, 0.4) is 0 Å². The Kier molecular flexibility index (Phi) is 5.23. The number of hydrogen-bond donors (Lipinski definition) is 4. The molecule has 14 heavy (non-hydrogen) atoms. The largest absolute Gasteiger partial charge is 0.481 e. The van der Waals surface area contributed by atoms with Gasteiger partial charge in [0, 0.05) is 6.54 Å². The third-order valence-corrected chi connectivity index (χ3v) is 1.44. The van der Waals surface area contributed by atoms with E-state index >= 15 is 0 Å². The van der Waals surface area contributed by atoms with E-state index in [9.17, 15) is 14.4 Å². The van der Waals surface area contributed by atoms with Gasteiger partial charge in [-0.25, -0.2) is 0 Å². The summed E-state index contributed by atoms with van der Waals surface area (Å²) < 4.78 is 0. The molecule has 0 aliphatic heterocycles. The standard InChI is InChI=1S/C7H11NO6/c9-5(10)1-4(7(13)14)2-8-3-6(11)12/h4,8H,1-3H2,(H,9,10)(H,11,12)(H,13,14). The summed E-state index contributed by atoms with van der Waals surface area (Å²) in [6, 6.07) is 0. The lowest BCUT2D eigenvalue weighted by molar-refractivity contribution is -0.148. The first-order chi connectivity index (χ1) is 6.43. The van der Waals surface area contributed by atoms with Gasteiger partial charge >= 0.3 is 17.9 Å². The molecule has 7 nitrogen and oxygen atoms in total. The minimum atomic E-state index is -1.26. The van der Waals surface area contributed by atoms with Crippen LogP contribution >= 0.6 is 0 Å². The monoisotopic (exact) mass is 205 g/mol.